The highest BCUT2D eigenvalue weighted by Crippen LogP contribution is 2.45. The minimum atomic E-state index is -0.687. The number of fused-ring (bicyclic) bond motifs is 1. The summed E-state index contributed by atoms with van der Waals surface area (Å²) in [6.07, 6.45) is 12.0. The number of hydrogen-bond donors (Lipinski definition) is 1. The predicted octanol–water partition coefficient (Wildman–Crippen LogP) is 5.46. The van der Waals surface area contributed by atoms with Gasteiger partial charge in [0.05, 0.1) is 18.6 Å². The molecule has 6 heteroatoms. The zero-order valence-corrected chi connectivity index (χ0v) is 17.9. The van der Waals surface area contributed by atoms with E-state index in [4.69, 9.17) is 16.3 Å². The molecule has 1 fully saturated rings. The van der Waals surface area contributed by atoms with E-state index < -0.39 is 5.97 Å². The Balaban J connectivity index is 1.46. The number of carboxylic acid groups (broad SMARTS) is 1. The maximum atomic E-state index is 11.3. The summed E-state index contributed by atoms with van der Waals surface area (Å²) in [5.74, 6) is -0.942. The maximum absolute atomic E-state index is 11.3. The first-order valence-electron chi connectivity index (χ1n) is 10.2. The summed E-state index contributed by atoms with van der Waals surface area (Å²) in [5.41, 5.74) is 2.47. The molecule has 1 N–H and O–H groups in total. The molecule has 4 rings (SSSR count). The summed E-state index contributed by atoms with van der Waals surface area (Å²) < 4.78 is 6.38. The van der Waals surface area contributed by atoms with Crippen molar-refractivity contribution >= 4 is 29.3 Å². The molecule has 0 radical (unpaired) electrons. The lowest BCUT2D eigenvalue weighted by Gasteiger charge is -2.31. The van der Waals surface area contributed by atoms with E-state index in [9.17, 15) is 9.90 Å². The molecule has 1 aliphatic carbocycles. The summed E-state index contributed by atoms with van der Waals surface area (Å²) in [5, 5.41) is 10.0. The molecule has 1 saturated heterocycles. The van der Waals surface area contributed by atoms with Gasteiger partial charge < -0.3 is 14.7 Å². The first-order valence-corrected chi connectivity index (χ1v) is 11.4. The Morgan fingerprint density at radius 1 is 1.34 bits per heavy atom. The first kappa shape index (κ1) is 20.7. The molecule has 4 nitrogen and oxygen atoms in total. The van der Waals surface area contributed by atoms with Gasteiger partial charge in [0.1, 0.15) is 0 Å². The third kappa shape index (κ3) is 5.15. The Morgan fingerprint density at radius 3 is 3.10 bits per heavy atom. The van der Waals surface area contributed by atoms with Crippen molar-refractivity contribution in [1.29, 1.82) is 0 Å². The van der Waals surface area contributed by atoms with Crippen molar-refractivity contribution in [1.82, 2.24) is 4.90 Å². The van der Waals surface area contributed by atoms with Crippen LogP contribution in [0.15, 0.2) is 57.9 Å². The van der Waals surface area contributed by atoms with Crippen LogP contribution in [0, 0.1) is 5.92 Å². The Labute approximate surface area is 181 Å². The summed E-state index contributed by atoms with van der Waals surface area (Å²) in [7, 11) is 0. The van der Waals surface area contributed by atoms with Crippen LogP contribution in [-0.4, -0.2) is 42.2 Å². The summed E-state index contributed by atoms with van der Waals surface area (Å²) in [4.78, 5) is 16.1. The number of allylic oxidation sites excluding steroid dienone is 5. The van der Waals surface area contributed by atoms with Crippen molar-refractivity contribution in [2.75, 3.05) is 26.2 Å². The van der Waals surface area contributed by atoms with Gasteiger partial charge in [-0.15, -0.1) is 0 Å². The van der Waals surface area contributed by atoms with Crippen molar-refractivity contribution in [3.8, 4) is 0 Å². The van der Waals surface area contributed by atoms with E-state index in [-0.39, 0.29) is 12.0 Å². The summed E-state index contributed by atoms with van der Waals surface area (Å²) >= 11 is 8.12. The lowest BCUT2D eigenvalue weighted by Crippen LogP contribution is -2.40. The van der Waals surface area contributed by atoms with Gasteiger partial charge in [-0.2, -0.15) is 0 Å². The number of hydrogen-bond acceptors (Lipinski definition) is 4. The number of halogens is 1. The molecule has 1 aromatic carbocycles. The lowest BCUT2D eigenvalue weighted by molar-refractivity contribution is -0.143. The molecular weight excluding hydrogens is 406 g/mol. The fourth-order valence-electron chi connectivity index (χ4n) is 4.18. The number of thioether (sulfide) groups is 1. The van der Waals surface area contributed by atoms with Crippen LogP contribution in [0.1, 0.15) is 37.4 Å². The SMILES string of the molecule is O=C(O)C1CCCN(CCOC2CC3=C(CC=CC=C3)Sc3ccc(Cl)cc32)C1. The van der Waals surface area contributed by atoms with Gasteiger partial charge in [-0.05, 0) is 60.0 Å². The average Bonchev–Trinajstić information content (AvgIpc) is 3.00. The van der Waals surface area contributed by atoms with Gasteiger partial charge in [-0.1, -0.05) is 47.7 Å². The van der Waals surface area contributed by atoms with E-state index in [1.807, 2.05) is 23.9 Å². The predicted molar refractivity (Wildman–Crippen MR) is 117 cm³/mol. The minimum Gasteiger partial charge on any atom is -0.481 e. The van der Waals surface area contributed by atoms with E-state index >= 15 is 0 Å². The molecule has 2 aliphatic heterocycles. The molecule has 2 unspecified atom stereocenters. The molecule has 2 atom stereocenters. The smallest absolute Gasteiger partial charge is 0.307 e. The fourth-order valence-corrected chi connectivity index (χ4v) is 5.53. The van der Waals surface area contributed by atoms with Crippen molar-refractivity contribution in [2.24, 2.45) is 5.92 Å². The number of benzene rings is 1. The molecule has 1 aromatic rings. The lowest BCUT2D eigenvalue weighted by atomic mass is 9.98. The molecule has 29 heavy (non-hydrogen) atoms. The summed E-state index contributed by atoms with van der Waals surface area (Å²) in [6, 6.07) is 6.06. The molecule has 0 amide bonds. The van der Waals surface area contributed by atoms with E-state index in [1.54, 1.807) is 0 Å². The molecule has 0 aromatic heterocycles. The number of carbonyl (C=O) groups is 1. The van der Waals surface area contributed by atoms with Crippen LogP contribution in [0.4, 0.5) is 0 Å². The Bertz CT molecular complexity index is 864. The van der Waals surface area contributed by atoms with Gasteiger partial charge in [0.15, 0.2) is 0 Å². The average molecular weight is 432 g/mol. The number of carboxylic acids is 1. The molecule has 154 valence electrons. The first-order chi connectivity index (χ1) is 14.1. The molecular formula is C23H26ClNO3S. The van der Waals surface area contributed by atoms with Crippen LogP contribution >= 0.6 is 23.4 Å². The standard InChI is InChI=1S/C23H26ClNO3S/c24-18-8-9-22-19(14-18)20(13-16-5-2-1-3-7-21(16)29-22)28-12-11-25-10-4-6-17(15-25)23(26)27/h1-3,5,8-9,14,17,20H,4,6-7,10-13,15H2,(H,26,27). The second kappa shape index (κ2) is 9.52. The van der Waals surface area contributed by atoms with Crippen LogP contribution < -0.4 is 0 Å². The highest BCUT2D eigenvalue weighted by atomic mass is 35.5. The quantitative estimate of drug-likeness (QED) is 0.670. The topological polar surface area (TPSA) is 49.8 Å². The zero-order valence-electron chi connectivity index (χ0n) is 16.4. The van der Waals surface area contributed by atoms with E-state index in [0.29, 0.717) is 13.2 Å². The van der Waals surface area contributed by atoms with E-state index in [2.05, 4.69) is 35.3 Å². The maximum Gasteiger partial charge on any atom is 0.307 e. The monoisotopic (exact) mass is 431 g/mol. The number of nitrogens with zero attached hydrogens (tertiary/aromatic N) is 1. The second-order valence-corrected chi connectivity index (χ2v) is 9.34. The van der Waals surface area contributed by atoms with Crippen molar-refractivity contribution in [3.63, 3.8) is 0 Å². The molecule has 0 bridgehead atoms. The van der Waals surface area contributed by atoms with Crippen LogP contribution in [-0.2, 0) is 9.53 Å². The second-order valence-electron chi connectivity index (χ2n) is 7.77. The van der Waals surface area contributed by atoms with Gasteiger partial charge in [-0.3, -0.25) is 4.79 Å². The fraction of sp³-hybridized carbons (Fsp3) is 0.435. The zero-order chi connectivity index (χ0) is 20.2. The van der Waals surface area contributed by atoms with Crippen molar-refractivity contribution in [3.05, 3.63) is 63.6 Å². The van der Waals surface area contributed by atoms with Crippen molar-refractivity contribution in [2.45, 2.75) is 36.7 Å². The van der Waals surface area contributed by atoms with Gasteiger partial charge in [0, 0.05) is 29.4 Å². The van der Waals surface area contributed by atoms with Gasteiger partial charge in [-0.25, -0.2) is 0 Å². The summed E-state index contributed by atoms with van der Waals surface area (Å²) in [6.45, 7) is 2.90. The Hall–Kier alpha value is -1.53. The van der Waals surface area contributed by atoms with Gasteiger partial charge in [0.2, 0.25) is 0 Å². The number of rotatable bonds is 5. The van der Waals surface area contributed by atoms with Crippen LogP contribution in [0.25, 0.3) is 0 Å². The highest BCUT2D eigenvalue weighted by Gasteiger charge is 2.27. The third-order valence-corrected chi connectivity index (χ3v) is 7.25. The normalized spacial score (nSPS) is 24.6. The molecule has 2 heterocycles. The van der Waals surface area contributed by atoms with Gasteiger partial charge >= 0.3 is 5.97 Å². The molecule has 0 saturated carbocycles. The van der Waals surface area contributed by atoms with E-state index in [1.165, 1.54) is 15.4 Å². The largest absolute Gasteiger partial charge is 0.481 e. The van der Waals surface area contributed by atoms with Crippen LogP contribution in [0.3, 0.4) is 0 Å². The number of piperidine rings is 1. The highest BCUT2D eigenvalue weighted by molar-refractivity contribution is 8.03. The van der Waals surface area contributed by atoms with Crippen LogP contribution in [0.5, 0.6) is 0 Å². The van der Waals surface area contributed by atoms with Crippen molar-refractivity contribution < 1.29 is 14.6 Å². The molecule has 0 spiro atoms. The van der Waals surface area contributed by atoms with E-state index in [0.717, 1.165) is 49.4 Å². The third-order valence-electron chi connectivity index (χ3n) is 5.74. The number of ether oxygens (including phenoxy) is 1. The number of aliphatic carboxylic acids is 1. The minimum absolute atomic E-state index is 0.0495. The Morgan fingerprint density at radius 2 is 2.24 bits per heavy atom. The Kier molecular flexibility index (Phi) is 6.81. The van der Waals surface area contributed by atoms with Crippen LogP contribution in [0.2, 0.25) is 5.02 Å². The molecule has 3 aliphatic rings. The van der Waals surface area contributed by atoms with Gasteiger partial charge in [0.25, 0.3) is 0 Å². The number of likely N-dealkylation sites (tertiary alicyclic amines) is 1.